The molecule has 2 unspecified atom stereocenters. The molecule has 7 heteroatoms. The predicted molar refractivity (Wildman–Crippen MR) is 66.3 cm³/mol. The molecular formula is C12H18N4O3. The molecule has 1 aliphatic rings. The lowest BCUT2D eigenvalue weighted by Gasteiger charge is -2.35. The lowest BCUT2D eigenvalue weighted by atomic mass is 9.92. The van der Waals surface area contributed by atoms with Crippen LogP contribution in [0.4, 0.5) is 0 Å². The zero-order valence-electron chi connectivity index (χ0n) is 11.1. The smallest absolute Gasteiger partial charge is 0.329 e. The van der Waals surface area contributed by atoms with Gasteiger partial charge in [-0.05, 0) is 26.2 Å². The summed E-state index contributed by atoms with van der Waals surface area (Å²) in [6, 6.07) is -0.536. The molecule has 19 heavy (non-hydrogen) atoms. The third-order valence-corrected chi connectivity index (χ3v) is 3.93. The van der Waals surface area contributed by atoms with Gasteiger partial charge in [0.25, 0.3) is 0 Å². The number of aromatic nitrogens is 3. The lowest BCUT2D eigenvalue weighted by molar-refractivity contribution is -0.158. The van der Waals surface area contributed by atoms with Crippen LogP contribution >= 0.6 is 0 Å². The fraction of sp³-hybridized carbons (Fsp3) is 0.667. The first-order chi connectivity index (χ1) is 9.03. The second kappa shape index (κ2) is 4.99. The number of carbonyl (C=O) groups excluding carboxylic acids is 1. The maximum atomic E-state index is 12.5. The van der Waals surface area contributed by atoms with E-state index in [9.17, 15) is 14.7 Å². The van der Waals surface area contributed by atoms with Crippen LogP contribution in [0.2, 0.25) is 0 Å². The highest BCUT2D eigenvalue weighted by Gasteiger charge is 2.49. The van der Waals surface area contributed by atoms with Crippen molar-refractivity contribution in [2.45, 2.75) is 44.7 Å². The number of hydrogen-bond donors (Lipinski definition) is 1. The molecule has 0 spiro atoms. The van der Waals surface area contributed by atoms with Crippen molar-refractivity contribution in [1.82, 2.24) is 19.7 Å². The number of nitrogens with zero attached hydrogens (tertiary/aromatic N) is 4. The van der Waals surface area contributed by atoms with Gasteiger partial charge in [-0.1, -0.05) is 6.92 Å². The highest BCUT2D eigenvalue weighted by molar-refractivity contribution is 5.89. The predicted octanol–water partition coefficient (Wildman–Crippen LogP) is 0.695. The van der Waals surface area contributed by atoms with Gasteiger partial charge in [-0.15, -0.1) is 0 Å². The normalized spacial score (nSPS) is 24.4. The maximum absolute atomic E-state index is 12.5. The van der Waals surface area contributed by atoms with Gasteiger partial charge < -0.3 is 10.0 Å². The Labute approximate surface area is 111 Å². The minimum Gasteiger partial charge on any atom is -0.479 e. The minimum atomic E-state index is -1.06. The van der Waals surface area contributed by atoms with Gasteiger partial charge in [0.05, 0.1) is 0 Å². The summed E-state index contributed by atoms with van der Waals surface area (Å²) in [6.45, 7) is 4.00. The molecule has 1 saturated heterocycles. The third-order valence-electron chi connectivity index (χ3n) is 3.93. The second-order valence-corrected chi connectivity index (χ2v) is 4.84. The number of carboxylic acids is 1. The van der Waals surface area contributed by atoms with E-state index < -0.39 is 17.6 Å². The van der Waals surface area contributed by atoms with Crippen molar-refractivity contribution in [2.24, 2.45) is 0 Å². The summed E-state index contributed by atoms with van der Waals surface area (Å²) in [4.78, 5) is 29.3. The zero-order valence-corrected chi connectivity index (χ0v) is 11.1. The fourth-order valence-electron chi connectivity index (χ4n) is 2.70. The number of rotatable bonds is 4. The topological polar surface area (TPSA) is 88.3 Å². The summed E-state index contributed by atoms with van der Waals surface area (Å²) in [5.41, 5.74) is -1.06. The molecule has 7 nitrogen and oxygen atoms in total. The van der Waals surface area contributed by atoms with Crippen LogP contribution in [0.1, 0.15) is 39.2 Å². The number of hydrogen-bond acceptors (Lipinski definition) is 4. The van der Waals surface area contributed by atoms with Gasteiger partial charge in [0.2, 0.25) is 5.91 Å². The lowest BCUT2D eigenvalue weighted by Crippen LogP contribution is -2.54. The van der Waals surface area contributed by atoms with E-state index in [-0.39, 0.29) is 5.91 Å². The van der Waals surface area contributed by atoms with Crippen molar-refractivity contribution < 1.29 is 14.7 Å². The first kappa shape index (κ1) is 13.5. The molecule has 0 saturated carbocycles. The van der Waals surface area contributed by atoms with Crippen LogP contribution in [-0.2, 0) is 9.59 Å². The van der Waals surface area contributed by atoms with E-state index in [4.69, 9.17) is 0 Å². The molecule has 0 aromatic carbocycles. The first-order valence-electron chi connectivity index (χ1n) is 6.42. The number of carbonyl (C=O) groups is 2. The quantitative estimate of drug-likeness (QED) is 0.866. The summed E-state index contributed by atoms with van der Waals surface area (Å²) in [7, 11) is 0. The van der Waals surface area contributed by atoms with E-state index in [1.54, 1.807) is 13.8 Å². The van der Waals surface area contributed by atoms with Crippen LogP contribution in [0.5, 0.6) is 0 Å². The van der Waals surface area contributed by atoms with Crippen LogP contribution in [0.25, 0.3) is 0 Å². The zero-order chi connectivity index (χ0) is 14.0. The molecule has 1 amide bonds. The van der Waals surface area contributed by atoms with Crippen molar-refractivity contribution in [3.05, 3.63) is 12.7 Å². The number of carboxylic acid groups (broad SMARTS) is 1. The molecule has 1 aliphatic heterocycles. The van der Waals surface area contributed by atoms with Crippen molar-refractivity contribution >= 4 is 11.9 Å². The molecule has 0 bridgehead atoms. The Bertz CT molecular complexity index is 473. The van der Waals surface area contributed by atoms with Gasteiger partial charge in [0, 0.05) is 6.54 Å². The molecule has 2 heterocycles. The standard InChI is InChI=1S/C12H18N4O3/c1-3-12(11(18)19)5-4-6-15(12)10(17)9(2)16-8-13-7-14-16/h7-9H,3-6H2,1-2H3,(H,18,19). The Balaban J connectivity index is 2.25. The molecule has 104 valence electrons. The van der Waals surface area contributed by atoms with Gasteiger partial charge in [0.1, 0.15) is 24.2 Å². The summed E-state index contributed by atoms with van der Waals surface area (Å²) in [6.07, 6.45) is 4.47. The van der Waals surface area contributed by atoms with Gasteiger partial charge in [-0.2, -0.15) is 5.10 Å². The van der Waals surface area contributed by atoms with Crippen LogP contribution in [0, 0.1) is 0 Å². The van der Waals surface area contributed by atoms with Gasteiger partial charge in [-0.3, -0.25) is 4.79 Å². The Kier molecular flexibility index (Phi) is 3.55. The summed E-state index contributed by atoms with van der Waals surface area (Å²) in [5.74, 6) is -1.14. The van der Waals surface area contributed by atoms with Crippen LogP contribution < -0.4 is 0 Å². The molecule has 1 fully saturated rings. The minimum absolute atomic E-state index is 0.216. The molecule has 0 radical (unpaired) electrons. The molecule has 2 atom stereocenters. The van der Waals surface area contributed by atoms with Gasteiger partial charge in [-0.25, -0.2) is 14.5 Å². The summed E-state index contributed by atoms with van der Waals surface area (Å²) >= 11 is 0. The average molecular weight is 266 g/mol. The SMILES string of the molecule is CCC1(C(=O)O)CCCN1C(=O)C(C)n1cncn1. The number of amides is 1. The van der Waals surface area contributed by atoms with Gasteiger partial charge >= 0.3 is 5.97 Å². The van der Waals surface area contributed by atoms with E-state index in [0.717, 1.165) is 6.42 Å². The third kappa shape index (κ3) is 2.09. The van der Waals surface area contributed by atoms with Crippen molar-refractivity contribution in [3.63, 3.8) is 0 Å². The van der Waals surface area contributed by atoms with E-state index in [0.29, 0.717) is 19.4 Å². The molecule has 0 aliphatic carbocycles. The van der Waals surface area contributed by atoms with Crippen LogP contribution in [-0.4, -0.2) is 48.7 Å². The van der Waals surface area contributed by atoms with Crippen molar-refractivity contribution in [1.29, 1.82) is 0 Å². The number of aliphatic carboxylic acids is 1. The van der Waals surface area contributed by atoms with Crippen molar-refractivity contribution in [2.75, 3.05) is 6.54 Å². The fourth-order valence-corrected chi connectivity index (χ4v) is 2.70. The van der Waals surface area contributed by atoms with E-state index in [2.05, 4.69) is 10.1 Å². The van der Waals surface area contributed by atoms with E-state index >= 15 is 0 Å². The Morgan fingerprint density at radius 3 is 2.79 bits per heavy atom. The average Bonchev–Trinajstić information content (AvgIpc) is 3.06. The first-order valence-corrected chi connectivity index (χ1v) is 6.42. The molecular weight excluding hydrogens is 248 g/mol. The summed E-state index contributed by atoms with van der Waals surface area (Å²) in [5, 5.41) is 13.4. The second-order valence-electron chi connectivity index (χ2n) is 4.84. The summed E-state index contributed by atoms with van der Waals surface area (Å²) < 4.78 is 1.45. The Morgan fingerprint density at radius 1 is 1.53 bits per heavy atom. The Morgan fingerprint density at radius 2 is 2.26 bits per heavy atom. The highest BCUT2D eigenvalue weighted by atomic mass is 16.4. The molecule has 2 rings (SSSR count). The van der Waals surface area contributed by atoms with E-state index in [1.165, 1.54) is 22.2 Å². The monoisotopic (exact) mass is 266 g/mol. The number of likely N-dealkylation sites (tertiary alicyclic amines) is 1. The molecule has 1 aromatic rings. The molecule has 1 aromatic heterocycles. The van der Waals surface area contributed by atoms with E-state index in [1.807, 2.05) is 0 Å². The largest absolute Gasteiger partial charge is 0.479 e. The maximum Gasteiger partial charge on any atom is 0.329 e. The van der Waals surface area contributed by atoms with Crippen LogP contribution in [0.15, 0.2) is 12.7 Å². The van der Waals surface area contributed by atoms with Crippen molar-refractivity contribution in [3.8, 4) is 0 Å². The van der Waals surface area contributed by atoms with Gasteiger partial charge in [0.15, 0.2) is 0 Å². The highest BCUT2D eigenvalue weighted by Crippen LogP contribution is 2.34. The Hall–Kier alpha value is -1.92. The van der Waals surface area contributed by atoms with Crippen LogP contribution in [0.3, 0.4) is 0 Å². The molecule has 1 N–H and O–H groups in total.